The highest BCUT2D eigenvalue weighted by Crippen LogP contribution is 2.50. The first kappa shape index (κ1) is 35.6. The standard InChI is InChI=1S/C34H36F6N2O5/c1-6-7-23-19-25(32(45,33(35,36)37)34(38,39)40)11-15-28(23)47-27-12-8-22(21(4)18-27)16-17-42-29(43)31(5,41-30(42)44)24-9-13-26(14-10-24)46-20(2)3/h8-15,18-20,45H,6-7,16-17H2,1-5H3,(H,41,44). The number of halogens is 6. The van der Waals surface area contributed by atoms with Crippen LogP contribution in [0, 0.1) is 6.92 Å². The van der Waals surface area contributed by atoms with Gasteiger partial charge in [0.25, 0.3) is 11.5 Å². The summed E-state index contributed by atoms with van der Waals surface area (Å²) in [5.74, 6) is 0.535. The van der Waals surface area contributed by atoms with Crippen molar-refractivity contribution in [1.82, 2.24) is 10.2 Å². The third-order valence-corrected chi connectivity index (χ3v) is 8.04. The highest BCUT2D eigenvalue weighted by Gasteiger charge is 2.71. The molecule has 3 aromatic rings. The number of amides is 3. The molecule has 0 saturated carbocycles. The van der Waals surface area contributed by atoms with Gasteiger partial charge in [0.2, 0.25) is 0 Å². The van der Waals surface area contributed by atoms with Gasteiger partial charge >= 0.3 is 18.4 Å². The molecule has 1 atom stereocenters. The van der Waals surface area contributed by atoms with Gasteiger partial charge in [-0.3, -0.25) is 9.69 Å². The minimum Gasteiger partial charge on any atom is -0.491 e. The smallest absolute Gasteiger partial charge is 0.430 e. The van der Waals surface area contributed by atoms with Crippen molar-refractivity contribution in [1.29, 1.82) is 0 Å². The van der Waals surface area contributed by atoms with E-state index in [4.69, 9.17) is 9.47 Å². The lowest BCUT2D eigenvalue weighted by Gasteiger charge is -2.33. The molecule has 1 saturated heterocycles. The Morgan fingerprint density at radius 1 is 0.872 bits per heavy atom. The number of nitrogens with one attached hydrogen (secondary N) is 1. The summed E-state index contributed by atoms with van der Waals surface area (Å²) >= 11 is 0. The molecule has 1 heterocycles. The van der Waals surface area contributed by atoms with Crippen LogP contribution >= 0.6 is 0 Å². The zero-order valence-electron chi connectivity index (χ0n) is 26.5. The second-order valence-corrected chi connectivity index (χ2v) is 11.9. The molecule has 1 unspecified atom stereocenters. The van der Waals surface area contributed by atoms with Gasteiger partial charge in [0.05, 0.1) is 6.10 Å². The molecule has 7 nitrogen and oxygen atoms in total. The predicted molar refractivity (Wildman–Crippen MR) is 161 cm³/mol. The monoisotopic (exact) mass is 666 g/mol. The second kappa shape index (κ2) is 13.1. The van der Waals surface area contributed by atoms with Crippen LogP contribution in [0.3, 0.4) is 0 Å². The van der Waals surface area contributed by atoms with Gasteiger partial charge in [0, 0.05) is 12.1 Å². The SMILES string of the molecule is CCCc1cc(C(O)(C(F)(F)F)C(F)(F)F)ccc1Oc1ccc(CCN2C(=O)NC(C)(c3ccc(OC(C)C)cc3)C2=O)c(C)c1. The third-order valence-electron chi connectivity index (χ3n) is 8.04. The number of alkyl halides is 6. The van der Waals surface area contributed by atoms with Crippen molar-refractivity contribution in [3.8, 4) is 17.2 Å². The van der Waals surface area contributed by atoms with Gasteiger partial charge in [-0.2, -0.15) is 26.3 Å². The Morgan fingerprint density at radius 3 is 2.04 bits per heavy atom. The van der Waals surface area contributed by atoms with Crippen LogP contribution in [0.4, 0.5) is 31.1 Å². The summed E-state index contributed by atoms with van der Waals surface area (Å²) < 4.78 is 92.2. The van der Waals surface area contributed by atoms with Crippen molar-refractivity contribution in [3.63, 3.8) is 0 Å². The van der Waals surface area contributed by atoms with Crippen LogP contribution in [0.1, 0.15) is 61.9 Å². The minimum absolute atomic E-state index is 0.0231. The van der Waals surface area contributed by atoms with Gasteiger partial charge in [-0.15, -0.1) is 0 Å². The van der Waals surface area contributed by atoms with Gasteiger partial charge < -0.3 is 19.9 Å². The Bertz CT molecular complexity index is 1610. The molecule has 0 bridgehead atoms. The lowest BCUT2D eigenvalue weighted by Crippen LogP contribution is -2.53. The van der Waals surface area contributed by atoms with E-state index in [0.29, 0.717) is 36.3 Å². The molecular formula is C34H36F6N2O5. The Kier molecular flexibility index (Phi) is 9.92. The number of aliphatic hydroxyl groups is 1. The summed E-state index contributed by atoms with van der Waals surface area (Å²) in [6, 6.07) is 13.5. The first-order valence-electron chi connectivity index (χ1n) is 15.0. The van der Waals surface area contributed by atoms with Gasteiger partial charge in [-0.05, 0) is 99.2 Å². The first-order valence-corrected chi connectivity index (χ1v) is 15.0. The van der Waals surface area contributed by atoms with E-state index in [-0.39, 0.29) is 36.1 Å². The van der Waals surface area contributed by atoms with Crippen molar-refractivity contribution in [2.24, 2.45) is 0 Å². The summed E-state index contributed by atoms with van der Waals surface area (Å²) in [5, 5.41) is 12.6. The van der Waals surface area contributed by atoms with Crippen LogP contribution in [0.15, 0.2) is 60.7 Å². The topological polar surface area (TPSA) is 88.1 Å². The normalized spacial score (nSPS) is 17.3. The molecule has 0 aromatic heterocycles. The lowest BCUT2D eigenvalue weighted by atomic mass is 9.90. The number of hydrogen-bond donors (Lipinski definition) is 2. The van der Waals surface area contributed by atoms with Crippen LogP contribution in [0.5, 0.6) is 17.2 Å². The molecule has 1 fully saturated rings. The van der Waals surface area contributed by atoms with Gasteiger partial charge in [-0.1, -0.05) is 37.6 Å². The van der Waals surface area contributed by atoms with Crippen molar-refractivity contribution in [2.75, 3.05) is 6.54 Å². The highest BCUT2D eigenvalue weighted by atomic mass is 19.4. The summed E-state index contributed by atoms with van der Waals surface area (Å²) in [5.41, 5.74) is -5.50. The molecular weight excluding hydrogens is 630 g/mol. The Labute approximate surface area is 268 Å². The number of aryl methyl sites for hydroxylation is 2. The third kappa shape index (κ3) is 7.04. The lowest BCUT2D eigenvalue weighted by molar-refractivity contribution is -0.376. The van der Waals surface area contributed by atoms with E-state index in [0.717, 1.165) is 22.1 Å². The van der Waals surface area contributed by atoms with E-state index >= 15 is 0 Å². The van der Waals surface area contributed by atoms with E-state index < -0.39 is 41.0 Å². The van der Waals surface area contributed by atoms with Crippen molar-refractivity contribution in [2.45, 2.75) is 83.5 Å². The summed E-state index contributed by atoms with van der Waals surface area (Å²) in [7, 11) is 0. The molecule has 4 rings (SSSR count). The van der Waals surface area contributed by atoms with E-state index in [2.05, 4.69) is 5.32 Å². The van der Waals surface area contributed by atoms with Crippen LogP contribution in [0.25, 0.3) is 0 Å². The molecule has 254 valence electrons. The maximum Gasteiger partial charge on any atom is 0.430 e. The fourth-order valence-electron chi connectivity index (χ4n) is 5.46. The van der Waals surface area contributed by atoms with Crippen LogP contribution in [-0.4, -0.2) is 46.9 Å². The molecule has 0 radical (unpaired) electrons. The molecule has 3 aromatic carbocycles. The summed E-state index contributed by atoms with van der Waals surface area (Å²) in [6.07, 6.45) is -11.2. The number of imide groups is 1. The summed E-state index contributed by atoms with van der Waals surface area (Å²) in [6.45, 7) is 8.97. The van der Waals surface area contributed by atoms with E-state index in [1.807, 2.05) is 13.8 Å². The number of carbonyl (C=O) groups is 2. The summed E-state index contributed by atoms with van der Waals surface area (Å²) in [4.78, 5) is 27.4. The fraction of sp³-hybridized carbons (Fsp3) is 0.412. The van der Waals surface area contributed by atoms with Gasteiger partial charge in [-0.25, -0.2) is 4.79 Å². The number of urea groups is 1. The van der Waals surface area contributed by atoms with E-state index in [1.165, 1.54) is 0 Å². The average molecular weight is 667 g/mol. The minimum atomic E-state index is -6.00. The molecule has 13 heteroatoms. The molecule has 1 aliphatic heterocycles. The number of benzene rings is 3. The van der Waals surface area contributed by atoms with Gasteiger partial charge in [0.15, 0.2) is 0 Å². The fourth-order valence-corrected chi connectivity index (χ4v) is 5.46. The number of ether oxygens (including phenoxy) is 2. The number of carbonyl (C=O) groups excluding carboxylic acids is 2. The largest absolute Gasteiger partial charge is 0.491 e. The number of nitrogens with zero attached hydrogens (tertiary/aromatic N) is 1. The maximum absolute atomic E-state index is 13.5. The van der Waals surface area contributed by atoms with E-state index in [9.17, 15) is 41.0 Å². The highest BCUT2D eigenvalue weighted by molar-refractivity contribution is 6.07. The van der Waals surface area contributed by atoms with Crippen molar-refractivity contribution < 1.29 is 50.5 Å². The Hall–Kier alpha value is -4.26. The number of rotatable bonds is 11. The second-order valence-electron chi connectivity index (χ2n) is 11.9. The maximum atomic E-state index is 13.5. The molecule has 0 spiro atoms. The van der Waals surface area contributed by atoms with Crippen LogP contribution in [-0.2, 0) is 28.8 Å². The molecule has 1 aliphatic rings. The van der Waals surface area contributed by atoms with Gasteiger partial charge in [0.1, 0.15) is 22.8 Å². The molecule has 2 N–H and O–H groups in total. The molecule has 0 aliphatic carbocycles. The first-order chi connectivity index (χ1) is 21.8. The van der Waals surface area contributed by atoms with Crippen molar-refractivity contribution >= 4 is 11.9 Å². The van der Waals surface area contributed by atoms with Crippen molar-refractivity contribution in [3.05, 3.63) is 88.5 Å². The van der Waals surface area contributed by atoms with E-state index in [1.54, 1.807) is 63.2 Å². The molecule has 47 heavy (non-hydrogen) atoms. The quantitative estimate of drug-likeness (QED) is 0.161. The zero-order valence-corrected chi connectivity index (χ0v) is 26.5. The number of hydrogen-bond acceptors (Lipinski definition) is 5. The molecule has 3 amide bonds. The zero-order chi connectivity index (χ0) is 34.9. The Balaban J connectivity index is 1.49. The predicted octanol–water partition coefficient (Wildman–Crippen LogP) is 7.85. The van der Waals surface area contributed by atoms with Crippen LogP contribution in [0.2, 0.25) is 0 Å². The van der Waals surface area contributed by atoms with Crippen LogP contribution < -0.4 is 14.8 Å². The Morgan fingerprint density at radius 2 is 1.49 bits per heavy atom. The average Bonchev–Trinajstić information content (AvgIpc) is 3.19.